The molecule has 1 fully saturated rings. The van der Waals surface area contributed by atoms with Crippen LogP contribution in [0, 0.1) is 6.92 Å². The number of carbonyl (C=O) groups is 1. The second kappa shape index (κ2) is 7.68. The van der Waals surface area contributed by atoms with E-state index in [4.69, 9.17) is 11.6 Å². The number of rotatable bonds is 4. The van der Waals surface area contributed by atoms with E-state index in [2.05, 4.69) is 16.6 Å². The molecule has 0 bridgehead atoms. The number of hydrogen-bond donors (Lipinski definition) is 0. The number of halogens is 1. The Hall–Kier alpha value is -2.37. The first-order valence-electron chi connectivity index (χ1n) is 7.67. The van der Waals surface area contributed by atoms with Crippen molar-refractivity contribution in [2.24, 2.45) is 4.99 Å². The predicted molar refractivity (Wildman–Crippen MR) is 105 cm³/mol. The SMILES string of the molecule is C=CCN1C(=O)/C(=C/c2ccccc2C)SC1=Nc1cccnc1Cl. The zero-order valence-corrected chi connectivity index (χ0v) is 15.2. The van der Waals surface area contributed by atoms with Crippen LogP contribution in [-0.4, -0.2) is 27.5 Å². The Labute approximate surface area is 155 Å². The molecule has 0 N–H and O–H groups in total. The van der Waals surface area contributed by atoms with Gasteiger partial charge in [0.15, 0.2) is 10.3 Å². The maximum absolute atomic E-state index is 12.8. The van der Waals surface area contributed by atoms with E-state index in [9.17, 15) is 4.79 Å². The van der Waals surface area contributed by atoms with Crippen molar-refractivity contribution in [1.29, 1.82) is 0 Å². The first-order chi connectivity index (χ1) is 12.1. The molecule has 4 nitrogen and oxygen atoms in total. The average Bonchev–Trinajstić information content (AvgIpc) is 2.88. The Morgan fingerprint density at radius 3 is 2.84 bits per heavy atom. The molecular formula is C19H16ClN3OS. The summed E-state index contributed by atoms with van der Waals surface area (Å²) < 4.78 is 0. The number of amidine groups is 1. The highest BCUT2D eigenvalue weighted by atomic mass is 35.5. The highest BCUT2D eigenvalue weighted by Crippen LogP contribution is 2.35. The lowest BCUT2D eigenvalue weighted by molar-refractivity contribution is -0.121. The van der Waals surface area contributed by atoms with Crippen LogP contribution >= 0.6 is 23.4 Å². The minimum atomic E-state index is -0.0908. The molecule has 2 aromatic rings. The molecule has 1 aromatic heterocycles. The molecule has 6 heteroatoms. The Bertz CT molecular complexity index is 892. The summed E-state index contributed by atoms with van der Waals surface area (Å²) in [6, 6.07) is 11.5. The van der Waals surface area contributed by atoms with Crippen LogP contribution in [0.4, 0.5) is 5.69 Å². The largest absolute Gasteiger partial charge is 0.283 e. The molecule has 0 saturated carbocycles. The van der Waals surface area contributed by atoms with Crippen LogP contribution in [0.15, 0.2) is 65.1 Å². The number of nitrogens with zero attached hydrogens (tertiary/aromatic N) is 3. The molecule has 2 heterocycles. The number of aryl methyl sites for hydroxylation is 1. The smallest absolute Gasteiger partial charge is 0.267 e. The van der Waals surface area contributed by atoms with Gasteiger partial charge in [-0.1, -0.05) is 41.9 Å². The van der Waals surface area contributed by atoms with Gasteiger partial charge in [-0.25, -0.2) is 9.98 Å². The van der Waals surface area contributed by atoms with Gasteiger partial charge in [-0.05, 0) is 48.0 Å². The summed E-state index contributed by atoms with van der Waals surface area (Å²) >= 11 is 7.41. The van der Waals surface area contributed by atoms with Gasteiger partial charge in [0.05, 0.1) is 4.91 Å². The van der Waals surface area contributed by atoms with Crippen molar-refractivity contribution in [2.45, 2.75) is 6.92 Å². The van der Waals surface area contributed by atoms with Crippen LogP contribution in [0.5, 0.6) is 0 Å². The number of hydrogen-bond acceptors (Lipinski definition) is 4. The molecule has 126 valence electrons. The molecule has 1 aliphatic rings. The average molecular weight is 370 g/mol. The molecule has 0 spiro atoms. The number of aliphatic imine (C=N–C) groups is 1. The standard InChI is InChI=1S/C19H16ClN3OS/c1-3-11-23-18(24)16(12-14-8-5-4-7-13(14)2)25-19(23)22-15-9-6-10-21-17(15)20/h3-10,12H,1,11H2,2H3/b16-12-,22-19?. The number of carbonyl (C=O) groups excluding carboxylic acids is 1. The van der Waals surface area contributed by atoms with Gasteiger partial charge < -0.3 is 0 Å². The van der Waals surface area contributed by atoms with E-state index in [1.165, 1.54) is 11.8 Å². The fourth-order valence-corrected chi connectivity index (χ4v) is 3.49. The Balaban J connectivity index is 2.00. The number of pyridine rings is 1. The van der Waals surface area contributed by atoms with Gasteiger partial charge in [-0.15, -0.1) is 6.58 Å². The molecular weight excluding hydrogens is 354 g/mol. The monoisotopic (exact) mass is 369 g/mol. The molecule has 0 unspecified atom stereocenters. The molecule has 1 aliphatic heterocycles. The van der Waals surface area contributed by atoms with E-state index in [0.717, 1.165) is 11.1 Å². The third-order valence-corrected chi connectivity index (χ3v) is 4.93. The van der Waals surface area contributed by atoms with Gasteiger partial charge in [0.1, 0.15) is 5.69 Å². The minimum Gasteiger partial charge on any atom is -0.283 e. The van der Waals surface area contributed by atoms with Crippen molar-refractivity contribution >= 4 is 46.2 Å². The van der Waals surface area contributed by atoms with Gasteiger partial charge in [-0.2, -0.15) is 0 Å². The normalized spacial score (nSPS) is 17.5. The molecule has 1 amide bonds. The first kappa shape index (κ1) is 17.5. The van der Waals surface area contributed by atoms with Crippen molar-refractivity contribution in [3.8, 4) is 0 Å². The summed E-state index contributed by atoms with van der Waals surface area (Å²) in [6.07, 6.45) is 5.17. The van der Waals surface area contributed by atoms with Crippen molar-refractivity contribution in [3.05, 3.63) is 76.4 Å². The fourth-order valence-electron chi connectivity index (χ4n) is 2.34. The van der Waals surface area contributed by atoms with Crippen molar-refractivity contribution in [3.63, 3.8) is 0 Å². The molecule has 0 atom stereocenters. The summed E-state index contributed by atoms with van der Waals surface area (Å²) in [5.41, 5.74) is 2.66. The number of amides is 1. The molecule has 0 radical (unpaired) electrons. The zero-order valence-electron chi connectivity index (χ0n) is 13.6. The zero-order chi connectivity index (χ0) is 17.8. The van der Waals surface area contributed by atoms with Crippen LogP contribution in [0.25, 0.3) is 6.08 Å². The van der Waals surface area contributed by atoms with E-state index in [1.54, 1.807) is 29.3 Å². The lowest BCUT2D eigenvalue weighted by Gasteiger charge is -2.12. The summed E-state index contributed by atoms with van der Waals surface area (Å²) in [5.74, 6) is -0.0908. The number of aromatic nitrogens is 1. The van der Waals surface area contributed by atoms with Crippen molar-refractivity contribution in [1.82, 2.24) is 9.88 Å². The van der Waals surface area contributed by atoms with Crippen LogP contribution in [-0.2, 0) is 4.79 Å². The van der Waals surface area contributed by atoms with Gasteiger partial charge in [0.2, 0.25) is 0 Å². The van der Waals surface area contributed by atoms with Crippen LogP contribution in [0.1, 0.15) is 11.1 Å². The lowest BCUT2D eigenvalue weighted by atomic mass is 10.1. The lowest BCUT2D eigenvalue weighted by Crippen LogP contribution is -2.29. The second-order valence-corrected chi connectivity index (χ2v) is 6.75. The summed E-state index contributed by atoms with van der Waals surface area (Å²) in [5, 5.41) is 0.873. The van der Waals surface area contributed by atoms with Crippen LogP contribution in [0.2, 0.25) is 5.15 Å². The van der Waals surface area contributed by atoms with Crippen LogP contribution < -0.4 is 0 Å². The minimum absolute atomic E-state index is 0.0908. The number of benzene rings is 1. The molecule has 3 rings (SSSR count). The molecule has 25 heavy (non-hydrogen) atoms. The first-order valence-corrected chi connectivity index (χ1v) is 8.86. The van der Waals surface area contributed by atoms with Gasteiger partial charge in [0.25, 0.3) is 5.91 Å². The van der Waals surface area contributed by atoms with E-state index in [1.807, 2.05) is 37.3 Å². The third-order valence-electron chi connectivity index (χ3n) is 3.63. The number of thioether (sulfide) groups is 1. The van der Waals surface area contributed by atoms with E-state index < -0.39 is 0 Å². The maximum Gasteiger partial charge on any atom is 0.267 e. The second-order valence-electron chi connectivity index (χ2n) is 5.38. The highest BCUT2D eigenvalue weighted by Gasteiger charge is 2.32. The summed E-state index contributed by atoms with van der Waals surface area (Å²) in [7, 11) is 0. The van der Waals surface area contributed by atoms with Crippen molar-refractivity contribution < 1.29 is 4.79 Å². The Morgan fingerprint density at radius 2 is 2.12 bits per heavy atom. The summed E-state index contributed by atoms with van der Waals surface area (Å²) in [4.78, 5) is 23.5. The van der Waals surface area contributed by atoms with Gasteiger partial charge >= 0.3 is 0 Å². The topological polar surface area (TPSA) is 45.6 Å². The van der Waals surface area contributed by atoms with Crippen molar-refractivity contribution in [2.75, 3.05) is 6.54 Å². The third kappa shape index (κ3) is 3.83. The van der Waals surface area contributed by atoms with Crippen LogP contribution in [0.3, 0.4) is 0 Å². The molecule has 0 aliphatic carbocycles. The van der Waals surface area contributed by atoms with E-state index in [-0.39, 0.29) is 5.91 Å². The predicted octanol–water partition coefficient (Wildman–Crippen LogP) is 4.83. The molecule has 1 aromatic carbocycles. The fraction of sp³-hybridized carbons (Fsp3) is 0.105. The van der Waals surface area contributed by atoms with E-state index >= 15 is 0 Å². The van der Waals surface area contributed by atoms with E-state index in [0.29, 0.717) is 27.5 Å². The Morgan fingerprint density at radius 1 is 1.32 bits per heavy atom. The summed E-state index contributed by atoms with van der Waals surface area (Å²) in [6.45, 7) is 6.12. The van der Waals surface area contributed by atoms with Gasteiger partial charge in [-0.3, -0.25) is 9.69 Å². The molecule has 1 saturated heterocycles. The Kier molecular flexibility index (Phi) is 5.36. The highest BCUT2D eigenvalue weighted by molar-refractivity contribution is 8.18. The quantitative estimate of drug-likeness (QED) is 0.440. The maximum atomic E-state index is 12.8. The van der Waals surface area contributed by atoms with Gasteiger partial charge in [0, 0.05) is 12.7 Å².